The lowest BCUT2D eigenvalue weighted by Crippen LogP contribution is -2.26. The minimum absolute atomic E-state index is 0.578. The summed E-state index contributed by atoms with van der Waals surface area (Å²) >= 11 is 3.89. The summed E-state index contributed by atoms with van der Waals surface area (Å²) in [5.41, 5.74) is 1.50. The summed E-state index contributed by atoms with van der Waals surface area (Å²) in [6, 6.07) is 9.36. The predicted molar refractivity (Wildman–Crippen MR) is 70.9 cm³/mol. The summed E-state index contributed by atoms with van der Waals surface area (Å²) in [6.45, 7) is 1.12. The van der Waals surface area contributed by atoms with Crippen molar-refractivity contribution in [3.05, 3.63) is 29.8 Å². The van der Waals surface area contributed by atoms with Gasteiger partial charge in [0.2, 0.25) is 0 Å². The lowest BCUT2D eigenvalue weighted by atomic mass is 10.0. The van der Waals surface area contributed by atoms with E-state index in [0.29, 0.717) is 6.04 Å². The molecule has 1 unspecified atom stereocenters. The number of thioether (sulfide) groups is 2. The van der Waals surface area contributed by atoms with Crippen LogP contribution in [0, 0.1) is 0 Å². The van der Waals surface area contributed by atoms with Crippen molar-refractivity contribution in [1.29, 1.82) is 0 Å². The number of hydrogen-bond donors (Lipinski definition) is 1. The second-order valence-corrected chi connectivity index (χ2v) is 5.80. The third-order valence-electron chi connectivity index (χ3n) is 2.66. The first-order chi connectivity index (χ1) is 7.42. The Hall–Kier alpha value is -0.120. The van der Waals surface area contributed by atoms with Gasteiger partial charge in [-0.2, -0.15) is 11.8 Å². The highest BCUT2D eigenvalue weighted by Gasteiger charge is 2.18. The third kappa shape index (κ3) is 2.92. The van der Waals surface area contributed by atoms with Crippen molar-refractivity contribution in [1.82, 2.24) is 5.32 Å². The zero-order valence-corrected chi connectivity index (χ0v) is 10.7. The molecule has 1 aliphatic heterocycles. The van der Waals surface area contributed by atoms with Gasteiger partial charge in [-0.25, -0.2) is 0 Å². The minimum atomic E-state index is 0.578. The summed E-state index contributed by atoms with van der Waals surface area (Å²) in [7, 11) is 0. The number of benzene rings is 1. The summed E-state index contributed by atoms with van der Waals surface area (Å²) in [5, 5.41) is 3.64. The van der Waals surface area contributed by atoms with Crippen LogP contribution in [0.15, 0.2) is 29.2 Å². The van der Waals surface area contributed by atoms with Crippen LogP contribution in [0.5, 0.6) is 0 Å². The van der Waals surface area contributed by atoms with Crippen molar-refractivity contribution < 1.29 is 0 Å². The average molecular weight is 239 g/mol. The maximum Gasteiger partial charge on any atom is 0.0339 e. The first-order valence-electron chi connectivity index (χ1n) is 5.36. The number of rotatable bonds is 4. The Balaban J connectivity index is 2.02. The summed E-state index contributed by atoms with van der Waals surface area (Å²) in [5.74, 6) is 2.44. The Labute approximate surface area is 100 Å². The summed E-state index contributed by atoms with van der Waals surface area (Å²) in [4.78, 5) is 1.46. The van der Waals surface area contributed by atoms with E-state index in [-0.39, 0.29) is 0 Å². The van der Waals surface area contributed by atoms with Gasteiger partial charge in [-0.1, -0.05) is 18.2 Å². The van der Waals surface area contributed by atoms with Crippen LogP contribution in [-0.4, -0.2) is 24.3 Å². The topological polar surface area (TPSA) is 12.0 Å². The molecule has 0 bridgehead atoms. The summed E-state index contributed by atoms with van der Waals surface area (Å²) < 4.78 is 0. The van der Waals surface area contributed by atoms with Gasteiger partial charge in [-0.15, -0.1) is 11.8 Å². The molecule has 0 spiro atoms. The lowest BCUT2D eigenvalue weighted by Gasteiger charge is -2.25. The molecule has 1 N–H and O–H groups in total. The SMILES string of the molecule is CSCCNC1CCSc2ccccc21. The van der Waals surface area contributed by atoms with Gasteiger partial charge >= 0.3 is 0 Å². The molecule has 0 saturated carbocycles. The standard InChI is InChI=1S/C12H17NS2/c1-14-9-7-13-11-6-8-15-12-5-3-2-4-10(11)12/h2-5,11,13H,6-9H2,1H3. The molecule has 1 aromatic rings. The van der Waals surface area contributed by atoms with E-state index in [9.17, 15) is 0 Å². The smallest absolute Gasteiger partial charge is 0.0339 e. The van der Waals surface area contributed by atoms with Crippen LogP contribution in [0.4, 0.5) is 0 Å². The van der Waals surface area contributed by atoms with Crippen LogP contribution in [0.1, 0.15) is 18.0 Å². The fourth-order valence-corrected chi connectivity index (χ4v) is 3.34. The molecule has 1 heterocycles. The van der Waals surface area contributed by atoms with Crippen molar-refractivity contribution in [2.24, 2.45) is 0 Å². The highest BCUT2D eigenvalue weighted by molar-refractivity contribution is 7.99. The fourth-order valence-electron chi connectivity index (χ4n) is 1.89. The molecule has 0 aliphatic carbocycles. The van der Waals surface area contributed by atoms with E-state index in [1.807, 2.05) is 23.5 Å². The van der Waals surface area contributed by atoms with E-state index < -0.39 is 0 Å². The number of nitrogens with one attached hydrogen (secondary N) is 1. The molecule has 1 aromatic carbocycles. The van der Waals surface area contributed by atoms with Crippen LogP contribution in [0.3, 0.4) is 0 Å². The number of hydrogen-bond acceptors (Lipinski definition) is 3. The van der Waals surface area contributed by atoms with Gasteiger partial charge in [-0.05, 0) is 30.1 Å². The van der Waals surface area contributed by atoms with E-state index in [1.54, 1.807) is 0 Å². The van der Waals surface area contributed by atoms with Crippen molar-refractivity contribution >= 4 is 23.5 Å². The van der Waals surface area contributed by atoms with Crippen LogP contribution in [0.2, 0.25) is 0 Å². The van der Waals surface area contributed by atoms with Crippen LogP contribution < -0.4 is 5.32 Å². The van der Waals surface area contributed by atoms with Crippen molar-refractivity contribution in [2.45, 2.75) is 17.4 Å². The molecule has 0 amide bonds. The Morgan fingerprint density at radius 1 is 1.47 bits per heavy atom. The van der Waals surface area contributed by atoms with E-state index in [1.165, 1.54) is 28.4 Å². The zero-order valence-electron chi connectivity index (χ0n) is 9.03. The molecule has 0 radical (unpaired) electrons. The summed E-state index contributed by atoms with van der Waals surface area (Å²) in [6.07, 6.45) is 3.42. The highest BCUT2D eigenvalue weighted by Crippen LogP contribution is 2.35. The van der Waals surface area contributed by atoms with Gasteiger partial charge in [0.1, 0.15) is 0 Å². The van der Waals surface area contributed by atoms with Gasteiger partial charge in [0.25, 0.3) is 0 Å². The molecule has 15 heavy (non-hydrogen) atoms. The Morgan fingerprint density at radius 2 is 2.33 bits per heavy atom. The molecular weight excluding hydrogens is 222 g/mol. The van der Waals surface area contributed by atoms with Crippen molar-refractivity contribution in [3.8, 4) is 0 Å². The largest absolute Gasteiger partial charge is 0.309 e. The molecule has 1 atom stereocenters. The van der Waals surface area contributed by atoms with E-state index in [0.717, 1.165) is 6.54 Å². The van der Waals surface area contributed by atoms with Gasteiger partial charge in [-0.3, -0.25) is 0 Å². The minimum Gasteiger partial charge on any atom is -0.309 e. The normalized spacial score (nSPS) is 19.9. The molecule has 1 nitrogen and oxygen atoms in total. The average Bonchev–Trinajstić information content (AvgIpc) is 2.30. The number of fused-ring (bicyclic) bond motifs is 1. The predicted octanol–water partition coefficient (Wildman–Crippen LogP) is 3.18. The molecule has 3 heteroatoms. The maximum atomic E-state index is 3.64. The zero-order chi connectivity index (χ0) is 10.5. The van der Waals surface area contributed by atoms with Crippen LogP contribution in [0.25, 0.3) is 0 Å². The van der Waals surface area contributed by atoms with Crippen molar-refractivity contribution in [2.75, 3.05) is 24.3 Å². The monoisotopic (exact) mass is 239 g/mol. The van der Waals surface area contributed by atoms with Gasteiger partial charge in [0.15, 0.2) is 0 Å². The van der Waals surface area contributed by atoms with Gasteiger partial charge in [0, 0.05) is 23.2 Å². The molecule has 82 valence electrons. The first kappa shape index (κ1) is 11.4. The van der Waals surface area contributed by atoms with Gasteiger partial charge < -0.3 is 5.32 Å². The van der Waals surface area contributed by atoms with Gasteiger partial charge in [0.05, 0.1) is 0 Å². The van der Waals surface area contributed by atoms with Crippen LogP contribution >= 0.6 is 23.5 Å². The van der Waals surface area contributed by atoms with Crippen LogP contribution in [-0.2, 0) is 0 Å². The molecule has 2 rings (SSSR count). The quantitative estimate of drug-likeness (QED) is 0.811. The Bertz CT molecular complexity index is 314. The maximum absolute atomic E-state index is 3.64. The highest BCUT2D eigenvalue weighted by atomic mass is 32.2. The third-order valence-corrected chi connectivity index (χ3v) is 4.39. The lowest BCUT2D eigenvalue weighted by molar-refractivity contribution is 0.530. The molecule has 1 aliphatic rings. The van der Waals surface area contributed by atoms with E-state index in [2.05, 4.69) is 35.8 Å². The molecule has 0 saturated heterocycles. The van der Waals surface area contributed by atoms with E-state index >= 15 is 0 Å². The Morgan fingerprint density at radius 3 is 3.20 bits per heavy atom. The fraction of sp³-hybridized carbons (Fsp3) is 0.500. The first-order valence-corrected chi connectivity index (χ1v) is 7.74. The second-order valence-electron chi connectivity index (χ2n) is 3.67. The molecular formula is C12H17NS2. The molecule has 0 aromatic heterocycles. The second kappa shape index (κ2) is 5.83. The Kier molecular flexibility index (Phi) is 4.42. The van der Waals surface area contributed by atoms with Crippen molar-refractivity contribution in [3.63, 3.8) is 0 Å². The molecule has 0 fully saturated rings. The van der Waals surface area contributed by atoms with E-state index in [4.69, 9.17) is 0 Å².